The van der Waals surface area contributed by atoms with E-state index in [1.165, 1.54) is 0 Å². The molecule has 2 unspecified atom stereocenters. The molecule has 1 rings (SSSR count). The number of hydrogen-bond acceptors (Lipinski definition) is 2. The van der Waals surface area contributed by atoms with E-state index < -0.39 is 0 Å². The second kappa shape index (κ2) is 7.53. The average Bonchev–Trinajstić information content (AvgIpc) is 2.37. The molecule has 0 saturated heterocycles. The summed E-state index contributed by atoms with van der Waals surface area (Å²) in [5, 5.41) is 3.87. The fourth-order valence-electron chi connectivity index (χ4n) is 1.52. The Hall–Kier alpha value is -1.03. The van der Waals surface area contributed by atoms with Gasteiger partial charge in [0.1, 0.15) is 5.75 Å². The van der Waals surface area contributed by atoms with Crippen LogP contribution >= 0.6 is 15.9 Å². The Kier molecular flexibility index (Phi) is 6.35. The van der Waals surface area contributed by atoms with Crippen LogP contribution < -0.4 is 10.1 Å². The van der Waals surface area contributed by atoms with Gasteiger partial charge in [0.25, 0.3) is 5.91 Å². The number of rotatable bonds is 6. The largest absolute Gasteiger partial charge is 0.491 e. The van der Waals surface area contributed by atoms with Gasteiger partial charge in [0.05, 0.1) is 6.10 Å². The number of amides is 1. The minimum atomic E-state index is -0.0450. The van der Waals surface area contributed by atoms with Gasteiger partial charge in [-0.1, -0.05) is 22.9 Å². The lowest BCUT2D eigenvalue weighted by molar-refractivity contribution is 0.0931. The maximum absolute atomic E-state index is 12.0. The molecule has 0 aliphatic heterocycles. The highest BCUT2D eigenvalue weighted by atomic mass is 79.9. The SMILES string of the molecule is CC(C)Oc1ccc(C(=O)NC(C)C(C)CBr)cc1. The van der Waals surface area contributed by atoms with E-state index in [2.05, 4.69) is 28.2 Å². The number of halogens is 1. The van der Waals surface area contributed by atoms with Crippen LogP contribution in [0, 0.1) is 5.92 Å². The summed E-state index contributed by atoms with van der Waals surface area (Å²) in [6, 6.07) is 7.37. The van der Waals surface area contributed by atoms with Crippen molar-refractivity contribution in [3.63, 3.8) is 0 Å². The third kappa shape index (κ3) is 5.23. The van der Waals surface area contributed by atoms with Gasteiger partial charge in [0.2, 0.25) is 0 Å². The Bertz CT molecular complexity index is 403. The molecule has 0 aromatic heterocycles. The van der Waals surface area contributed by atoms with Gasteiger partial charge in [-0.05, 0) is 51.0 Å². The summed E-state index contributed by atoms with van der Waals surface area (Å²) < 4.78 is 5.55. The number of hydrogen-bond donors (Lipinski definition) is 1. The molecule has 2 atom stereocenters. The van der Waals surface area contributed by atoms with Crippen molar-refractivity contribution in [3.8, 4) is 5.75 Å². The van der Waals surface area contributed by atoms with Gasteiger partial charge < -0.3 is 10.1 Å². The molecule has 0 fully saturated rings. The molecule has 19 heavy (non-hydrogen) atoms. The predicted octanol–water partition coefficient (Wildman–Crippen LogP) is 3.62. The van der Waals surface area contributed by atoms with Crippen LogP contribution in [0.2, 0.25) is 0 Å². The first-order chi connectivity index (χ1) is 8.93. The molecular formula is C15H22BrNO2. The van der Waals surface area contributed by atoms with E-state index in [9.17, 15) is 4.79 Å². The Morgan fingerprint density at radius 1 is 1.21 bits per heavy atom. The van der Waals surface area contributed by atoms with Gasteiger partial charge in [-0.3, -0.25) is 4.79 Å². The fourth-order valence-corrected chi connectivity index (χ4v) is 2.08. The average molecular weight is 328 g/mol. The van der Waals surface area contributed by atoms with Crippen LogP contribution in [0.15, 0.2) is 24.3 Å². The summed E-state index contributed by atoms with van der Waals surface area (Å²) in [6.45, 7) is 8.06. The summed E-state index contributed by atoms with van der Waals surface area (Å²) in [5.74, 6) is 1.14. The molecule has 1 N–H and O–H groups in total. The highest BCUT2D eigenvalue weighted by Gasteiger charge is 2.14. The Labute approximate surface area is 123 Å². The molecule has 0 saturated carbocycles. The standard InChI is InChI=1S/C15H22BrNO2/c1-10(2)19-14-7-5-13(6-8-14)15(18)17-12(4)11(3)9-16/h5-8,10-12H,9H2,1-4H3,(H,17,18). The van der Waals surface area contributed by atoms with Crippen molar-refractivity contribution < 1.29 is 9.53 Å². The van der Waals surface area contributed by atoms with Crippen LogP contribution in [0.5, 0.6) is 5.75 Å². The molecule has 3 nitrogen and oxygen atoms in total. The van der Waals surface area contributed by atoms with Crippen molar-refractivity contribution in [3.05, 3.63) is 29.8 Å². The highest BCUT2D eigenvalue weighted by Crippen LogP contribution is 2.14. The number of nitrogens with one attached hydrogen (secondary N) is 1. The molecule has 1 amide bonds. The van der Waals surface area contributed by atoms with Crippen molar-refractivity contribution in [1.82, 2.24) is 5.32 Å². The first-order valence-electron chi connectivity index (χ1n) is 6.57. The molecule has 4 heteroatoms. The normalized spacial score (nSPS) is 14.0. The Morgan fingerprint density at radius 2 is 1.79 bits per heavy atom. The fraction of sp³-hybridized carbons (Fsp3) is 0.533. The molecule has 106 valence electrons. The molecule has 0 radical (unpaired) electrons. The lowest BCUT2D eigenvalue weighted by Gasteiger charge is -2.19. The third-order valence-electron chi connectivity index (χ3n) is 2.94. The van der Waals surface area contributed by atoms with E-state index in [-0.39, 0.29) is 18.1 Å². The van der Waals surface area contributed by atoms with Crippen molar-refractivity contribution in [2.75, 3.05) is 5.33 Å². The zero-order valence-electron chi connectivity index (χ0n) is 11.9. The summed E-state index contributed by atoms with van der Waals surface area (Å²) in [5.41, 5.74) is 0.657. The van der Waals surface area contributed by atoms with Crippen LogP contribution in [0.4, 0.5) is 0 Å². The lowest BCUT2D eigenvalue weighted by atomic mass is 10.1. The second-order valence-corrected chi connectivity index (χ2v) is 5.73. The van der Waals surface area contributed by atoms with Crippen LogP contribution in [-0.2, 0) is 0 Å². The zero-order valence-corrected chi connectivity index (χ0v) is 13.5. The Balaban J connectivity index is 2.62. The molecule has 0 bridgehead atoms. The third-order valence-corrected chi connectivity index (χ3v) is 3.97. The van der Waals surface area contributed by atoms with Crippen molar-refractivity contribution in [2.24, 2.45) is 5.92 Å². The van der Waals surface area contributed by atoms with Gasteiger partial charge in [0.15, 0.2) is 0 Å². The second-order valence-electron chi connectivity index (χ2n) is 5.08. The predicted molar refractivity (Wildman–Crippen MR) is 82.1 cm³/mol. The maximum Gasteiger partial charge on any atom is 0.251 e. The molecule has 1 aromatic carbocycles. The van der Waals surface area contributed by atoms with Crippen LogP contribution in [0.3, 0.4) is 0 Å². The lowest BCUT2D eigenvalue weighted by Crippen LogP contribution is -2.37. The van der Waals surface area contributed by atoms with Crippen molar-refractivity contribution in [1.29, 1.82) is 0 Å². The van der Waals surface area contributed by atoms with Crippen LogP contribution in [0.25, 0.3) is 0 Å². The van der Waals surface area contributed by atoms with Gasteiger partial charge in [-0.15, -0.1) is 0 Å². The quantitative estimate of drug-likeness (QED) is 0.810. The molecule has 1 aromatic rings. The minimum Gasteiger partial charge on any atom is -0.491 e. The highest BCUT2D eigenvalue weighted by molar-refractivity contribution is 9.09. The van der Waals surface area contributed by atoms with E-state index in [0.717, 1.165) is 11.1 Å². The number of ether oxygens (including phenoxy) is 1. The number of carbonyl (C=O) groups is 1. The number of benzene rings is 1. The zero-order chi connectivity index (χ0) is 14.4. The van der Waals surface area contributed by atoms with Gasteiger partial charge in [0, 0.05) is 16.9 Å². The van der Waals surface area contributed by atoms with Crippen LogP contribution in [0.1, 0.15) is 38.1 Å². The van der Waals surface area contributed by atoms with Crippen molar-refractivity contribution in [2.45, 2.75) is 39.8 Å². The van der Waals surface area contributed by atoms with Crippen molar-refractivity contribution >= 4 is 21.8 Å². The number of alkyl halides is 1. The summed E-state index contributed by atoms with van der Waals surface area (Å²) in [7, 11) is 0. The molecule has 0 aliphatic rings. The van der Waals surface area contributed by atoms with Gasteiger partial charge in [-0.25, -0.2) is 0 Å². The van der Waals surface area contributed by atoms with E-state index in [1.807, 2.05) is 32.9 Å². The smallest absolute Gasteiger partial charge is 0.251 e. The topological polar surface area (TPSA) is 38.3 Å². The summed E-state index contributed by atoms with van der Waals surface area (Å²) in [4.78, 5) is 12.0. The molecular weight excluding hydrogens is 306 g/mol. The summed E-state index contributed by atoms with van der Waals surface area (Å²) >= 11 is 3.43. The number of carbonyl (C=O) groups excluding carboxylic acids is 1. The van der Waals surface area contributed by atoms with Gasteiger partial charge in [-0.2, -0.15) is 0 Å². The van der Waals surface area contributed by atoms with E-state index in [4.69, 9.17) is 4.74 Å². The van der Waals surface area contributed by atoms with E-state index >= 15 is 0 Å². The molecule has 0 spiro atoms. The van der Waals surface area contributed by atoms with E-state index in [0.29, 0.717) is 11.5 Å². The first kappa shape index (κ1) is 16.0. The maximum atomic E-state index is 12.0. The van der Waals surface area contributed by atoms with E-state index in [1.54, 1.807) is 12.1 Å². The first-order valence-corrected chi connectivity index (χ1v) is 7.69. The monoisotopic (exact) mass is 327 g/mol. The van der Waals surface area contributed by atoms with Gasteiger partial charge >= 0.3 is 0 Å². The van der Waals surface area contributed by atoms with Crippen LogP contribution in [-0.4, -0.2) is 23.4 Å². The Morgan fingerprint density at radius 3 is 2.26 bits per heavy atom. The summed E-state index contributed by atoms with van der Waals surface area (Å²) in [6.07, 6.45) is 0.138. The molecule has 0 aliphatic carbocycles. The molecule has 0 heterocycles. The minimum absolute atomic E-state index is 0.0450.